The Morgan fingerprint density at radius 3 is 2.76 bits per heavy atom. The van der Waals surface area contributed by atoms with Crippen LogP contribution in [0.25, 0.3) is 11.3 Å². The molecule has 8 nitrogen and oxygen atoms in total. The van der Waals surface area contributed by atoms with Crippen LogP contribution < -0.4 is 11.1 Å². The lowest BCUT2D eigenvalue weighted by atomic mass is 10.0. The molecule has 0 spiro atoms. The van der Waals surface area contributed by atoms with E-state index < -0.39 is 23.7 Å². The van der Waals surface area contributed by atoms with Crippen molar-refractivity contribution in [1.29, 1.82) is 0 Å². The number of rotatable bonds is 5. The second-order valence-electron chi connectivity index (χ2n) is 7.50. The molecule has 1 aliphatic heterocycles. The van der Waals surface area contributed by atoms with Crippen molar-refractivity contribution in [2.45, 2.75) is 38.7 Å². The van der Waals surface area contributed by atoms with Gasteiger partial charge >= 0.3 is 6.03 Å². The molecule has 0 fully saturated rings. The first-order valence-electron chi connectivity index (χ1n) is 9.12. The Labute approximate surface area is 172 Å². The molecular formula is C19H23ClFN5O3. The number of primary amides is 1. The Balaban J connectivity index is 1.82. The number of alkyl halides is 1. The monoisotopic (exact) mass is 423 g/mol. The summed E-state index contributed by atoms with van der Waals surface area (Å²) in [6.45, 7) is 3.12. The molecule has 0 bridgehead atoms. The third-order valence-corrected chi connectivity index (χ3v) is 5.05. The lowest BCUT2D eigenvalue weighted by molar-refractivity contribution is -0.00160. The van der Waals surface area contributed by atoms with Crippen LogP contribution in [0.15, 0.2) is 24.3 Å². The molecule has 1 aliphatic rings. The molecule has 1 atom stereocenters. The van der Waals surface area contributed by atoms with Crippen LogP contribution in [0.3, 0.4) is 0 Å². The zero-order valence-corrected chi connectivity index (χ0v) is 16.9. The number of halogens is 2. The Morgan fingerprint density at radius 1 is 1.41 bits per heavy atom. The summed E-state index contributed by atoms with van der Waals surface area (Å²) in [6, 6.07) is 6.42. The molecule has 3 amide bonds. The van der Waals surface area contributed by atoms with E-state index in [2.05, 4.69) is 10.4 Å². The normalized spacial score (nSPS) is 15.0. The highest BCUT2D eigenvalue weighted by molar-refractivity contribution is 6.30. The van der Waals surface area contributed by atoms with Crippen molar-refractivity contribution in [2.24, 2.45) is 5.73 Å². The first kappa shape index (κ1) is 21.1. The third-order valence-electron chi connectivity index (χ3n) is 4.81. The zero-order chi connectivity index (χ0) is 21.3. The maximum Gasteiger partial charge on any atom is 0.317 e. The minimum absolute atomic E-state index is 0.0944. The maximum atomic E-state index is 13.9. The van der Waals surface area contributed by atoms with E-state index in [1.807, 2.05) is 0 Å². The van der Waals surface area contributed by atoms with Crippen LogP contribution in [-0.4, -0.2) is 56.6 Å². The summed E-state index contributed by atoms with van der Waals surface area (Å²) in [5, 5.41) is 17.1. The number of urea groups is 1. The predicted molar refractivity (Wildman–Crippen MR) is 106 cm³/mol. The van der Waals surface area contributed by atoms with Crippen LogP contribution in [0.5, 0.6) is 0 Å². The van der Waals surface area contributed by atoms with E-state index >= 15 is 0 Å². The van der Waals surface area contributed by atoms with E-state index in [-0.39, 0.29) is 18.7 Å². The molecule has 0 aliphatic carbocycles. The van der Waals surface area contributed by atoms with E-state index in [0.29, 0.717) is 35.1 Å². The lowest BCUT2D eigenvalue weighted by Crippen LogP contribution is -2.48. The van der Waals surface area contributed by atoms with E-state index in [1.54, 1.807) is 28.9 Å². The highest BCUT2D eigenvalue weighted by Gasteiger charge is 2.31. The number of nitrogens with one attached hydrogen (secondary N) is 1. The summed E-state index contributed by atoms with van der Waals surface area (Å²) >= 11 is 6.05. The van der Waals surface area contributed by atoms with E-state index in [9.17, 15) is 19.1 Å². The van der Waals surface area contributed by atoms with Gasteiger partial charge in [0.2, 0.25) is 0 Å². The number of nitrogens with two attached hydrogens (primary N) is 1. The van der Waals surface area contributed by atoms with Gasteiger partial charge in [0.15, 0.2) is 0 Å². The van der Waals surface area contributed by atoms with Crippen molar-refractivity contribution >= 4 is 23.5 Å². The summed E-state index contributed by atoms with van der Waals surface area (Å²) < 4.78 is 15.5. The topological polar surface area (TPSA) is 113 Å². The van der Waals surface area contributed by atoms with Gasteiger partial charge < -0.3 is 21.1 Å². The average molecular weight is 424 g/mol. The molecule has 29 heavy (non-hydrogen) atoms. The molecule has 3 rings (SSSR count). The lowest BCUT2D eigenvalue weighted by Gasteiger charge is -2.29. The van der Waals surface area contributed by atoms with Gasteiger partial charge in [0.05, 0.1) is 36.5 Å². The minimum atomic E-state index is -1.61. The van der Waals surface area contributed by atoms with Crippen LogP contribution in [0.4, 0.5) is 9.18 Å². The highest BCUT2D eigenvalue weighted by Crippen LogP contribution is 2.29. The number of aromatic nitrogens is 2. The van der Waals surface area contributed by atoms with Gasteiger partial charge in [0, 0.05) is 17.1 Å². The molecule has 1 aromatic heterocycles. The van der Waals surface area contributed by atoms with Crippen molar-refractivity contribution in [3.05, 3.63) is 40.5 Å². The molecule has 0 saturated heterocycles. The Morgan fingerprint density at radius 2 is 2.14 bits per heavy atom. The van der Waals surface area contributed by atoms with Gasteiger partial charge in [-0.15, -0.1) is 0 Å². The number of carbonyl (C=O) groups is 2. The number of carbonyl (C=O) groups excluding carboxylic acids is 2. The van der Waals surface area contributed by atoms with Gasteiger partial charge in [-0.1, -0.05) is 23.7 Å². The highest BCUT2D eigenvalue weighted by atomic mass is 35.5. The van der Waals surface area contributed by atoms with Crippen molar-refractivity contribution < 1.29 is 19.1 Å². The quantitative estimate of drug-likeness (QED) is 0.681. The van der Waals surface area contributed by atoms with Gasteiger partial charge in [0.1, 0.15) is 11.9 Å². The van der Waals surface area contributed by atoms with Crippen molar-refractivity contribution in [1.82, 2.24) is 20.0 Å². The standard InChI is InChI=1S/C19H23ClFN5O3/c1-19(2,29)14(21)9-23-18(28)25-6-7-26-13(10-25)15(17(22)27)16(24-26)11-4-3-5-12(20)8-11/h3-5,8,14,29H,6-7,9-10H2,1-2H3,(H2,22,27)(H,23,28)/t14-/m1/s1. The molecule has 2 aromatic rings. The van der Waals surface area contributed by atoms with E-state index in [0.717, 1.165) is 0 Å². The van der Waals surface area contributed by atoms with Crippen LogP contribution in [0.1, 0.15) is 29.9 Å². The minimum Gasteiger partial charge on any atom is -0.387 e. The summed E-state index contributed by atoms with van der Waals surface area (Å²) in [6.07, 6.45) is -1.61. The fourth-order valence-electron chi connectivity index (χ4n) is 3.13. The number of hydrogen-bond donors (Lipinski definition) is 3. The third kappa shape index (κ3) is 4.51. The fourth-order valence-corrected chi connectivity index (χ4v) is 3.32. The Kier molecular flexibility index (Phi) is 5.81. The molecule has 10 heteroatoms. The fraction of sp³-hybridized carbons (Fsp3) is 0.421. The summed E-state index contributed by atoms with van der Waals surface area (Å²) in [7, 11) is 0. The van der Waals surface area contributed by atoms with Gasteiger partial charge in [-0.25, -0.2) is 9.18 Å². The van der Waals surface area contributed by atoms with Gasteiger partial charge in [-0.3, -0.25) is 9.48 Å². The van der Waals surface area contributed by atoms with E-state index in [4.69, 9.17) is 17.3 Å². The van der Waals surface area contributed by atoms with Gasteiger partial charge in [0.25, 0.3) is 5.91 Å². The van der Waals surface area contributed by atoms with Crippen molar-refractivity contribution in [3.63, 3.8) is 0 Å². The summed E-state index contributed by atoms with van der Waals surface area (Å²) in [5.74, 6) is -0.658. The molecule has 4 N–H and O–H groups in total. The van der Waals surface area contributed by atoms with Crippen LogP contribution in [0, 0.1) is 0 Å². The zero-order valence-electron chi connectivity index (χ0n) is 16.2. The largest absolute Gasteiger partial charge is 0.387 e. The number of fused-ring (bicyclic) bond motifs is 1. The molecule has 0 saturated carbocycles. The van der Waals surface area contributed by atoms with Crippen molar-refractivity contribution in [3.8, 4) is 11.3 Å². The van der Waals surface area contributed by atoms with Crippen LogP contribution in [-0.2, 0) is 13.1 Å². The second-order valence-corrected chi connectivity index (χ2v) is 7.93. The van der Waals surface area contributed by atoms with Crippen molar-refractivity contribution in [2.75, 3.05) is 13.1 Å². The number of hydrogen-bond acceptors (Lipinski definition) is 4. The Bertz CT molecular complexity index is 940. The van der Waals surface area contributed by atoms with Gasteiger partial charge in [-0.05, 0) is 26.0 Å². The SMILES string of the molecule is CC(C)(O)[C@H](F)CNC(=O)N1CCn2nc(-c3cccc(Cl)c3)c(C(N)=O)c2C1. The number of aliphatic hydroxyl groups is 1. The van der Waals surface area contributed by atoms with Crippen LogP contribution in [0.2, 0.25) is 5.02 Å². The Hall–Kier alpha value is -2.65. The molecular weight excluding hydrogens is 401 g/mol. The number of benzene rings is 1. The van der Waals surface area contributed by atoms with Gasteiger partial charge in [-0.2, -0.15) is 5.10 Å². The smallest absolute Gasteiger partial charge is 0.317 e. The number of nitrogens with zero attached hydrogens (tertiary/aromatic N) is 3. The van der Waals surface area contributed by atoms with Crippen LogP contribution >= 0.6 is 11.6 Å². The number of amides is 3. The second kappa shape index (κ2) is 8.00. The molecule has 2 heterocycles. The summed E-state index contributed by atoms with van der Waals surface area (Å²) in [5.41, 5.74) is 5.84. The predicted octanol–water partition coefficient (Wildman–Crippen LogP) is 1.94. The first-order chi connectivity index (χ1) is 13.6. The average Bonchev–Trinajstić information content (AvgIpc) is 3.03. The first-order valence-corrected chi connectivity index (χ1v) is 9.50. The summed E-state index contributed by atoms with van der Waals surface area (Å²) in [4.78, 5) is 26.0. The molecule has 0 radical (unpaired) electrons. The maximum absolute atomic E-state index is 13.9. The molecule has 1 aromatic carbocycles. The molecule has 156 valence electrons. The van der Waals surface area contributed by atoms with E-state index in [1.165, 1.54) is 18.7 Å². The molecule has 0 unspecified atom stereocenters.